The highest BCUT2D eigenvalue weighted by Crippen LogP contribution is 2.35. The fraction of sp³-hybridized carbons (Fsp3) is 0.407. The first kappa shape index (κ1) is 29.0. The van der Waals surface area contributed by atoms with Gasteiger partial charge in [-0.25, -0.2) is 12.8 Å². The number of carbonyl (C=O) groups excluding carboxylic acids is 3. The van der Waals surface area contributed by atoms with Crippen molar-refractivity contribution in [3.8, 4) is 11.3 Å². The van der Waals surface area contributed by atoms with Gasteiger partial charge in [0, 0.05) is 25.6 Å². The van der Waals surface area contributed by atoms with Crippen molar-refractivity contribution in [2.24, 2.45) is 5.73 Å². The lowest BCUT2D eigenvalue weighted by Gasteiger charge is -2.22. The fourth-order valence-corrected chi connectivity index (χ4v) is 5.43. The van der Waals surface area contributed by atoms with Gasteiger partial charge in [0.1, 0.15) is 23.4 Å². The maximum absolute atomic E-state index is 13.5. The average Bonchev–Trinajstić information content (AvgIpc) is 3.56. The van der Waals surface area contributed by atoms with E-state index in [0.29, 0.717) is 48.7 Å². The van der Waals surface area contributed by atoms with Crippen molar-refractivity contribution in [1.29, 1.82) is 0 Å². The van der Waals surface area contributed by atoms with Crippen LogP contribution in [0.4, 0.5) is 10.2 Å². The SMILES string of the molecule is CCS(=O)(=O)Nc1nc2oc(-c3ccc(F)cc3)c(C(=O)NC)c2cc1CCCCC(=O)N1CCC[C@H]1C(N)=O. The zero-order chi connectivity index (χ0) is 29.0. The quantitative estimate of drug-likeness (QED) is 0.297. The number of fused-ring (bicyclic) bond motifs is 1. The summed E-state index contributed by atoms with van der Waals surface area (Å²) in [7, 11) is -2.23. The van der Waals surface area contributed by atoms with E-state index in [9.17, 15) is 27.2 Å². The lowest BCUT2D eigenvalue weighted by molar-refractivity contribution is -0.137. The molecule has 214 valence electrons. The first-order chi connectivity index (χ1) is 19.0. The van der Waals surface area contributed by atoms with Crippen molar-refractivity contribution in [1.82, 2.24) is 15.2 Å². The third-order valence-corrected chi connectivity index (χ3v) is 8.21. The number of pyridine rings is 1. The van der Waals surface area contributed by atoms with E-state index >= 15 is 0 Å². The maximum atomic E-state index is 13.5. The summed E-state index contributed by atoms with van der Waals surface area (Å²) >= 11 is 0. The Morgan fingerprint density at radius 3 is 2.58 bits per heavy atom. The van der Waals surface area contributed by atoms with Crippen LogP contribution < -0.4 is 15.8 Å². The second-order valence-corrected chi connectivity index (χ2v) is 11.6. The summed E-state index contributed by atoms with van der Waals surface area (Å²) in [4.78, 5) is 43.2. The van der Waals surface area contributed by atoms with Gasteiger partial charge in [-0.05, 0) is 74.9 Å². The number of nitrogens with zero attached hydrogens (tertiary/aromatic N) is 2. The number of amides is 3. The molecule has 1 atom stereocenters. The number of benzene rings is 1. The van der Waals surface area contributed by atoms with Crippen LogP contribution in [0, 0.1) is 5.82 Å². The molecule has 3 aromatic rings. The van der Waals surface area contributed by atoms with E-state index in [-0.39, 0.29) is 40.9 Å². The number of halogens is 1. The highest BCUT2D eigenvalue weighted by Gasteiger charge is 2.32. The zero-order valence-corrected chi connectivity index (χ0v) is 23.1. The Morgan fingerprint density at radius 1 is 1.20 bits per heavy atom. The lowest BCUT2D eigenvalue weighted by atomic mass is 10.0. The Hall–Kier alpha value is -4.00. The Balaban J connectivity index is 1.64. The molecule has 13 heteroatoms. The number of anilines is 1. The minimum absolute atomic E-state index is 0.0391. The number of hydrogen-bond donors (Lipinski definition) is 3. The molecule has 1 aliphatic rings. The van der Waals surface area contributed by atoms with E-state index < -0.39 is 33.7 Å². The summed E-state index contributed by atoms with van der Waals surface area (Å²) in [5.41, 5.74) is 6.61. The van der Waals surface area contributed by atoms with Gasteiger partial charge in [0.25, 0.3) is 5.91 Å². The number of rotatable bonds is 11. The number of carbonyl (C=O) groups is 3. The van der Waals surface area contributed by atoms with Crippen molar-refractivity contribution >= 4 is 44.7 Å². The third kappa shape index (κ3) is 6.24. The van der Waals surface area contributed by atoms with Crippen LogP contribution in [0.3, 0.4) is 0 Å². The van der Waals surface area contributed by atoms with Crippen LogP contribution in [0.5, 0.6) is 0 Å². The largest absolute Gasteiger partial charge is 0.437 e. The molecule has 1 aliphatic heterocycles. The molecule has 0 saturated carbocycles. The van der Waals surface area contributed by atoms with Crippen molar-refractivity contribution in [3.05, 3.63) is 47.3 Å². The van der Waals surface area contributed by atoms with Gasteiger partial charge in [-0.3, -0.25) is 19.1 Å². The first-order valence-electron chi connectivity index (χ1n) is 13.1. The highest BCUT2D eigenvalue weighted by molar-refractivity contribution is 7.92. The standard InChI is InChI=1S/C27H32FN5O6S/c1-3-40(37,38)32-25-17(7-4-5-9-21(34)33-14-6-8-20(33)24(29)35)15-19-22(26(36)30-2)23(39-27(19)31-25)16-10-12-18(28)13-11-16/h10-13,15,20H,3-9,14H2,1-2H3,(H2,29,35)(H,30,36)(H,31,32)/t20-/m0/s1. The number of sulfonamides is 1. The number of nitrogens with one attached hydrogen (secondary N) is 2. The number of primary amides is 1. The van der Waals surface area contributed by atoms with Crippen LogP contribution in [0.2, 0.25) is 0 Å². The molecule has 1 fully saturated rings. The van der Waals surface area contributed by atoms with E-state index in [1.807, 2.05) is 0 Å². The summed E-state index contributed by atoms with van der Waals surface area (Å²) in [6, 6.07) is 6.51. The summed E-state index contributed by atoms with van der Waals surface area (Å²) < 4.78 is 46.8. The van der Waals surface area contributed by atoms with E-state index in [0.717, 1.165) is 6.42 Å². The van der Waals surface area contributed by atoms with Crippen LogP contribution in [0.25, 0.3) is 22.4 Å². The minimum Gasteiger partial charge on any atom is -0.437 e. The van der Waals surface area contributed by atoms with Gasteiger partial charge in [-0.1, -0.05) is 0 Å². The van der Waals surface area contributed by atoms with Crippen molar-refractivity contribution in [3.63, 3.8) is 0 Å². The molecule has 0 spiro atoms. The molecule has 0 radical (unpaired) electrons. The maximum Gasteiger partial charge on any atom is 0.255 e. The van der Waals surface area contributed by atoms with Crippen LogP contribution in [0.15, 0.2) is 34.7 Å². The molecular formula is C27H32FN5O6S. The normalized spacial score (nSPS) is 15.4. The first-order valence-corrected chi connectivity index (χ1v) is 14.7. The molecule has 0 aliphatic carbocycles. The van der Waals surface area contributed by atoms with Gasteiger partial charge in [-0.15, -0.1) is 0 Å². The van der Waals surface area contributed by atoms with Gasteiger partial charge >= 0.3 is 0 Å². The van der Waals surface area contributed by atoms with Crippen molar-refractivity contribution in [2.75, 3.05) is 24.1 Å². The van der Waals surface area contributed by atoms with Crippen LogP contribution >= 0.6 is 0 Å². The van der Waals surface area contributed by atoms with Gasteiger partial charge in [-0.2, -0.15) is 4.98 Å². The predicted molar refractivity (Wildman–Crippen MR) is 147 cm³/mol. The highest BCUT2D eigenvalue weighted by atomic mass is 32.2. The van der Waals surface area contributed by atoms with E-state index in [1.165, 1.54) is 43.1 Å². The number of nitrogens with two attached hydrogens (primary N) is 1. The molecular weight excluding hydrogens is 541 g/mol. The average molecular weight is 574 g/mol. The molecule has 4 rings (SSSR count). The Bertz CT molecular complexity index is 1540. The second kappa shape index (κ2) is 12.0. The van der Waals surface area contributed by atoms with Gasteiger partial charge in [0.15, 0.2) is 0 Å². The number of likely N-dealkylation sites (tertiary alicyclic amines) is 1. The van der Waals surface area contributed by atoms with E-state index in [1.54, 1.807) is 6.07 Å². The van der Waals surface area contributed by atoms with Crippen molar-refractivity contribution < 1.29 is 31.6 Å². The van der Waals surface area contributed by atoms with Crippen molar-refractivity contribution in [2.45, 2.75) is 51.5 Å². The molecule has 0 bridgehead atoms. The number of hydrogen-bond acceptors (Lipinski definition) is 7. The lowest BCUT2D eigenvalue weighted by Crippen LogP contribution is -2.43. The monoisotopic (exact) mass is 573 g/mol. The number of furan rings is 1. The van der Waals surface area contributed by atoms with Gasteiger partial charge in [0.05, 0.1) is 16.7 Å². The van der Waals surface area contributed by atoms with Gasteiger partial charge < -0.3 is 20.4 Å². The molecule has 1 saturated heterocycles. The smallest absolute Gasteiger partial charge is 0.255 e. The number of unbranched alkanes of at least 4 members (excludes halogenated alkanes) is 1. The second-order valence-electron chi connectivity index (χ2n) is 9.60. The van der Waals surface area contributed by atoms with Crippen LogP contribution in [0.1, 0.15) is 54.9 Å². The summed E-state index contributed by atoms with van der Waals surface area (Å²) in [5, 5.41) is 2.94. The number of aromatic nitrogens is 1. The molecule has 4 N–H and O–H groups in total. The Morgan fingerprint density at radius 2 is 1.93 bits per heavy atom. The summed E-state index contributed by atoms with van der Waals surface area (Å²) in [6.45, 7) is 1.99. The molecule has 3 amide bonds. The molecule has 0 unspecified atom stereocenters. The molecule has 1 aromatic carbocycles. The van der Waals surface area contributed by atoms with Crippen LogP contribution in [-0.2, 0) is 26.0 Å². The molecule has 40 heavy (non-hydrogen) atoms. The van der Waals surface area contributed by atoms with Gasteiger partial charge in [0.2, 0.25) is 27.6 Å². The summed E-state index contributed by atoms with van der Waals surface area (Å²) in [6.07, 6.45) is 2.83. The van der Waals surface area contributed by atoms with Crippen LogP contribution in [-0.4, -0.2) is 61.4 Å². The predicted octanol–water partition coefficient (Wildman–Crippen LogP) is 2.94. The summed E-state index contributed by atoms with van der Waals surface area (Å²) in [5.74, 6) is -1.51. The molecule has 3 heterocycles. The Labute approximate surface area is 231 Å². The molecule has 11 nitrogen and oxygen atoms in total. The number of aryl methyl sites for hydroxylation is 1. The third-order valence-electron chi connectivity index (χ3n) is 6.94. The minimum atomic E-state index is -3.69. The fourth-order valence-electron chi connectivity index (χ4n) is 4.81. The van der Waals surface area contributed by atoms with E-state index in [2.05, 4.69) is 15.0 Å². The zero-order valence-electron chi connectivity index (χ0n) is 22.3. The topological polar surface area (TPSA) is 165 Å². The molecule has 2 aromatic heterocycles. The van der Waals surface area contributed by atoms with E-state index in [4.69, 9.17) is 10.2 Å². The Kier molecular flexibility index (Phi) is 8.72.